The first-order chi connectivity index (χ1) is 6.52. The Morgan fingerprint density at radius 2 is 2.21 bits per heavy atom. The highest BCUT2D eigenvalue weighted by Gasteiger charge is 2.34. The molecule has 0 saturated carbocycles. The molecule has 1 rings (SSSR count). The van der Waals surface area contributed by atoms with E-state index in [0.29, 0.717) is 12.8 Å². The van der Waals surface area contributed by atoms with Crippen LogP contribution in [0.3, 0.4) is 0 Å². The zero-order valence-electron chi connectivity index (χ0n) is 7.82. The summed E-state index contributed by atoms with van der Waals surface area (Å²) < 4.78 is 0. The summed E-state index contributed by atoms with van der Waals surface area (Å²) in [4.78, 5) is 33.6. The molecule has 0 spiro atoms. The van der Waals surface area contributed by atoms with Gasteiger partial charge in [0.25, 0.3) is 5.91 Å². The minimum atomic E-state index is -0.891. The largest absolute Gasteiger partial charge is 0.481 e. The van der Waals surface area contributed by atoms with Crippen LogP contribution in [0.2, 0.25) is 0 Å². The number of rotatable bonds is 4. The maximum Gasteiger partial charge on any atom is 0.324 e. The lowest BCUT2D eigenvalue weighted by molar-refractivity contribution is -0.137. The lowest BCUT2D eigenvalue weighted by Gasteiger charge is -2.15. The van der Waals surface area contributed by atoms with Gasteiger partial charge in [0.05, 0.1) is 0 Å². The summed E-state index contributed by atoms with van der Waals surface area (Å²) in [6, 6.07) is -0.933. The molecule has 0 aromatic heterocycles. The quantitative estimate of drug-likeness (QED) is 0.615. The topological polar surface area (TPSA) is 86.7 Å². The first-order valence-electron chi connectivity index (χ1n) is 4.32. The summed E-state index contributed by atoms with van der Waals surface area (Å²) in [6.45, 7) is 0. The van der Waals surface area contributed by atoms with Crippen molar-refractivity contribution in [3.05, 3.63) is 0 Å². The van der Waals surface area contributed by atoms with E-state index >= 15 is 0 Å². The van der Waals surface area contributed by atoms with Crippen molar-refractivity contribution in [3.63, 3.8) is 0 Å². The second-order valence-corrected chi connectivity index (χ2v) is 3.21. The molecule has 1 atom stereocenters. The number of imide groups is 1. The van der Waals surface area contributed by atoms with E-state index in [-0.39, 0.29) is 12.3 Å². The van der Waals surface area contributed by atoms with E-state index in [1.54, 1.807) is 0 Å². The van der Waals surface area contributed by atoms with Crippen LogP contribution in [0.4, 0.5) is 4.79 Å². The van der Waals surface area contributed by atoms with Gasteiger partial charge in [-0.3, -0.25) is 14.9 Å². The van der Waals surface area contributed by atoms with Crippen molar-refractivity contribution in [2.75, 3.05) is 7.05 Å². The van der Waals surface area contributed by atoms with E-state index in [9.17, 15) is 14.4 Å². The number of hydrogen-bond acceptors (Lipinski definition) is 3. The average molecular weight is 200 g/mol. The number of amides is 3. The van der Waals surface area contributed by atoms with E-state index in [1.165, 1.54) is 11.9 Å². The Morgan fingerprint density at radius 1 is 1.57 bits per heavy atom. The number of carboxylic acids is 1. The van der Waals surface area contributed by atoms with Gasteiger partial charge in [0, 0.05) is 13.5 Å². The van der Waals surface area contributed by atoms with Crippen LogP contribution < -0.4 is 5.32 Å². The third kappa shape index (κ3) is 2.21. The number of likely N-dealkylation sites (N-methyl/N-ethyl adjacent to an activating group) is 1. The van der Waals surface area contributed by atoms with Crippen molar-refractivity contribution in [2.45, 2.75) is 25.3 Å². The highest BCUT2D eigenvalue weighted by Crippen LogP contribution is 2.12. The van der Waals surface area contributed by atoms with Crippen LogP contribution in [-0.2, 0) is 9.59 Å². The number of nitrogens with one attached hydrogen (secondary N) is 1. The van der Waals surface area contributed by atoms with Crippen LogP contribution in [0.5, 0.6) is 0 Å². The van der Waals surface area contributed by atoms with Gasteiger partial charge < -0.3 is 10.0 Å². The SMILES string of the molecule is CN1C(=O)NC(=O)C1CCCC(=O)O. The number of carbonyl (C=O) groups excluding carboxylic acids is 2. The molecule has 0 aromatic carbocycles. The summed E-state index contributed by atoms with van der Waals surface area (Å²) >= 11 is 0. The molecule has 6 heteroatoms. The number of urea groups is 1. The van der Waals surface area contributed by atoms with Gasteiger partial charge >= 0.3 is 12.0 Å². The van der Waals surface area contributed by atoms with Gasteiger partial charge in [-0.2, -0.15) is 0 Å². The summed E-state index contributed by atoms with van der Waals surface area (Å²) in [7, 11) is 1.52. The Morgan fingerprint density at radius 3 is 2.64 bits per heavy atom. The van der Waals surface area contributed by atoms with Gasteiger partial charge in [-0.05, 0) is 12.8 Å². The van der Waals surface area contributed by atoms with Crippen molar-refractivity contribution in [2.24, 2.45) is 0 Å². The highest BCUT2D eigenvalue weighted by atomic mass is 16.4. The van der Waals surface area contributed by atoms with Gasteiger partial charge in [0.15, 0.2) is 0 Å². The van der Waals surface area contributed by atoms with Crippen LogP contribution in [0, 0.1) is 0 Å². The number of carbonyl (C=O) groups is 3. The standard InChI is InChI=1S/C8H12N2O4/c1-10-5(3-2-4-6(11)12)7(13)9-8(10)14/h5H,2-4H2,1H3,(H,11,12)(H,9,13,14). The third-order valence-electron chi connectivity index (χ3n) is 2.19. The molecule has 78 valence electrons. The fraction of sp³-hybridized carbons (Fsp3) is 0.625. The van der Waals surface area contributed by atoms with Gasteiger partial charge in [0.2, 0.25) is 0 Å². The Labute approximate surface area is 80.9 Å². The number of hydrogen-bond donors (Lipinski definition) is 2. The van der Waals surface area contributed by atoms with Gasteiger partial charge in [-0.15, -0.1) is 0 Å². The van der Waals surface area contributed by atoms with Gasteiger partial charge in [0.1, 0.15) is 6.04 Å². The zero-order valence-corrected chi connectivity index (χ0v) is 7.82. The Kier molecular flexibility index (Phi) is 3.06. The molecular formula is C8H12N2O4. The predicted octanol–water partition coefficient (Wildman–Crippen LogP) is -0.209. The van der Waals surface area contributed by atoms with Crippen LogP contribution in [0.1, 0.15) is 19.3 Å². The average Bonchev–Trinajstić information content (AvgIpc) is 2.31. The minimum absolute atomic E-state index is 0.0197. The molecule has 1 unspecified atom stereocenters. The number of aliphatic carboxylic acids is 1. The van der Waals surface area contributed by atoms with E-state index in [2.05, 4.69) is 5.32 Å². The molecule has 1 saturated heterocycles. The van der Waals surface area contributed by atoms with Crippen molar-refractivity contribution >= 4 is 17.9 Å². The molecule has 2 N–H and O–H groups in total. The van der Waals surface area contributed by atoms with Crippen molar-refractivity contribution in [3.8, 4) is 0 Å². The molecule has 0 aromatic rings. The van der Waals surface area contributed by atoms with E-state index in [0.717, 1.165) is 0 Å². The van der Waals surface area contributed by atoms with Crippen LogP contribution >= 0.6 is 0 Å². The van der Waals surface area contributed by atoms with Crippen molar-refractivity contribution < 1.29 is 19.5 Å². The molecule has 0 bridgehead atoms. The molecule has 0 aliphatic carbocycles. The highest BCUT2D eigenvalue weighted by molar-refractivity contribution is 6.03. The number of carboxylic acid groups (broad SMARTS) is 1. The first kappa shape index (κ1) is 10.5. The molecule has 1 aliphatic heterocycles. The Hall–Kier alpha value is -1.59. The molecule has 6 nitrogen and oxygen atoms in total. The second-order valence-electron chi connectivity index (χ2n) is 3.21. The lowest BCUT2D eigenvalue weighted by atomic mass is 10.1. The van der Waals surface area contributed by atoms with E-state index < -0.39 is 18.0 Å². The minimum Gasteiger partial charge on any atom is -0.481 e. The Bertz CT molecular complexity index is 277. The van der Waals surface area contributed by atoms with Gasteiger partial charge in [-0.25, -0.2) is 4.79 Å². The molecular weight excluding hydrogens is 188 g/mol. The second kappa shape index (κ2) is 4.08. The molecule has 14 heavy (non-hydrogen) atoms. The maximum atomic E-state index is 11.1. The zero-order chi connectivity index (χ0) is 10.7. The maximum absolute atomic E-state index is 11.1. The van der Waals surface area contributed by atoms with E-state index in [4.69, 9.17) is 5.11 Å². The van der Waals surface area contributed by atoms with Crippen molar-refractivity contribution in [1.29, 1.82) is 0 Å². The normalized spacial score (nSPS) is 21.2. The number of nitrogens with zero attached hydrogens (tertiary/aromatic N) is 1. The predicted molar refractivity (Wildman–Crippen MR) is 46.6 cm³/mol. The smallest absolute Gasteiger partial charge is 0.324 e. The van der Waals surface area contributed by atoms with Crippen molar-refractivity contribution in [1.82, 2.24) is 10.2 Å². The molecule has 1 heterocycles. The molecule has 1 fully saturated rings. The van der Waals surface area contributed by atoms with Crippen LogP contribution in [0.25, 0.3) is 0 Å². The monoisotopic (exact) mass is 200 g/mol. The Balaban J connectivity index is 2.40. The lowest BCUT2D eigenvalue weighted by Crippen LogP contribution is -2.31. The van der Waals surface area contributed by atoms with Gasteiger partial charge in [-0.1, -0.05) is 0 Å². The van der Waals surface area contributed by atoms with Crippen LogP contribution in [-0.4, -0.2) is 41.0 Å². The summed E-state index contributed by atoms with van der Waals surface area (Å²) in [5.74, 6) is -1.24. The summed E-state index contributed by atoms with van der Waals surface area (Å²) in [6.07, 6.45) is 0.803. The fourth-order valence-electron chi connectivity index (χ4n) is 1.37. The molecule has 1 aliphatic rings. The summed E-state index contributed by atoms with van der Waals surface area (Å²) in [5, 5.41) is 10.5. The first-order valence-corrected chi connectivity index (χ1v) is 4.32. The fourth-order valence-corrected chi connectivity index (χ4v) is 1.37. The third-order valence-corrected chi connectivity index (χ3v) is 2.19. The molecule has 0 radical (unpaired) electrons. The summed E-state index contributed by atoms with van der Waals surface area (Å²) in [5.41, 5.74) is 0. The van der Waals surface area contributed by atoms with E-state index in [1.807, 2.05) is 0 Å². The van der Waals surface area contributed by atoms with Crippen LogP contribution in [0.15, 0.2) is 0 Å². The molecule has 3 amide bonds.